The third-order valence-corrected chi connectivity index (χ3v) is 3.98. The molecule has 1 aliphatic rings. The fraction of sp³-hybridized carbons (Fsp3) is 0.562. The number of benzene rings is 1. The number of hydrogen-bond acceptors (Lipinski definition) is 3. The van der Waals surface area contributed by atoms with Gasteiger partial charge in [-0.25, -0.2) is 4.39 Å². The van der Waals surface area contributed by atoms with Crippen LogP contribution in [0.25, 0.3) is 0 Å². The lowest BCUT2D eigenvalue weighted by molar-refractivity contribution is -0.126. The van der Waals surface area contributed by atoms with Gasteiger partial charge in [-0.3, -0.25) is 4.79 Å². The van der Waals surface area contributed by atoms with Gasteiger partial charge in [-0.2, -0.15) is 0 Å². The maximum absolute atomic E-state index is 12.9. The van der Waals surface area contributed by atoms with Gasteiger partial charge in [0.2, 0.25) is 5.91 Å². The average molecular weight is 294 g/mol. The molecule has 1 saturated heterocycles. The van der Waals surface area contributed by atoms with Gasteiger partial charge in [-0.05, 0) is 44.0 Å². The van der Waals surface area contributed by atoms with Gasteiger partial charge < -0.3 is 15.4 Å². The highest BCUT2D eigenvalue weighted by Gasteiger charge is 2.25. The summed E-state index contributed by atoms with van der Waals surface area (Å²) in [6.45, 7) is 3.38. The van der Waals surface area contributed by atoms with Crippen LogP contribution in [0.15, 0.2) is 24.3 Å². The summed E-state index contributed by atoms with van der Waals surface area (Å²) in [5.41, 5.74) is 0.859. The van der Waals surface area contributed by atoms with E-state index in [4.69, 9.17) is 4.74 Å². The van der Waals surface area contributed by atoms with Gasteiger partial charge in [0.1, 0.15) is 5.82 Å². The third kappa shape index (κ3) is 4.51. The first kappa shape index (κ1) is 15.9. The van der Waals surface area contributed by atoms with Crippen LogP contribution >= 0.6 is 0 Å². The average Bonchev–Trinajstić information content (AvgIpc) is 2.49. The van der Waals surface area contributed by atoms with Crippen molar-refractivity contribution in [2.45, 2.75) is 31.9 Å². The highest BCUT2D eigenvalue weighted by Crippen LogP contribution is 2.18. The predicted molar refractivity (Wildman–Crippen MR) is 79.3 cm³/mol. The first-order chi connectivity index (χ1) is 10.1. The molecule has 2 N–H and O–H groups in total. The number of carbonyl (C=O) groups is 1. The van der Waals surface area contributed by atoms with E-state index in [0.29, 0.717) is 12.6 Å². The van der Waals surface area contributed by atoms with Crippen molar-refractivity contribution in [3.63, 3.8) is 0 Å². The van der Waals surface area contributed by atoms with E-state index < -0.39 is 0 Å². The lowest BCUT2D eigenvalue weighted by Crippen LogP contribution is -2.43. The fourth-order valence-electron chi connectivity index (χ4n) is 2.72. The molecule has 0 aromatic heterocycles. The molecule has 0 aliphatic carbocycles. The number of rotatable bonds is 5. The van der Waals surface area contributed by atoms with E-state index in [-0.39, 0.29) is 23.7 Å². The Kier molecular flexibility index (Phi) is 5.70. The van der Waals surface area contributed by atoms with E-state index >= 15 is 0 Å². The molecule has 1 aromatic rings. The van der Waals surface area contributed by atoms with Crippen LogP contribution in [0.4, 0.5) is 4.39 Å². The lowest BCUT2D eigenvalue weighted by atomic mass is 9.92. The Labute approximate surface area is 125 Å². The van der Waals surface area contributed by atoms with Crippen LogP contribution in [0.5, 0.6) is 0 Å². The largest absolute Gasteiger partial charge is 0.375 e. The SMILES string of the molecule is COC(CNC(=O)[C@H]1CCN[C@@H](C)C1)c1ccc(F)cc1. The number of piperidine rings is 1. The number of halogens is 1. The zero-order valence-corrected chi connectivity index (χ0v) is 12.6. The van der Waals surface area contributed by atoms with Crippen molar-refractivity contribution in [1.29, 1.82) is 0 Å². The molecule has 0 saturated carbocycles. The first-order valence-corrected chi connectivity index (χ1v) is 7.39. The fourth-order valence-corrected chi connectivity index (χ4v) is 2.72. The van der Waals surface area contributed by atoms with Crippen molar-refractivity contribution < 1.29 is 13.9 Å². The Bertz CT molecular complexity index is 464. The number of amides is 1. The van der Waals surface area contributed by atoms with Gasteiger partial charge in [-0.1, -0.05) is 12.1 Å². The van der Waals surface area contributed by atoms with E-state index in [9.17, 15) is 9.18 Å². The molecule has 116 valence electrons. The topological polar surface area (TPSA) is 50.4 Å². The predicted octanol–water partition coefficient (Wildman–Crippen LogP) is 2.02. The van der Waals surface area contributed by atoms with Crippen molar-refractivity contribution in [1.82, 2.24) is 10.6 Å². The molecule has 1 amide bonds. The third-order valence-electron chi connectivity index (χ3n) is 3.98. The highest BCUT2D eigenvalue weighted by atomic mass is 19.1. The van der Waals surface area contributed by atoms with Gasteiger partial charge >= 0.3 is 0 Å². The standard InChI is InChI=1S/C16H23FN2O2/c1-11-9-13(7-8-18-11)16(20)19-10-15(21-2)12-3-5-14(17)6-4-12/h3-6,11,13,15,18H,7-10H2,1-2H3,(H,19,20)/t11-,13-,15?/m0/s1. The van der Waals surface area contributed by atoms with Crippen LogP contribution in [-0.4, -0.2) is 32.1 Å². The van der Waals surface area contributed by atoms with Crippen LogP contribution in [0.2, 0.25) is 0 Å². The summed E-state index contributed by atoms with van der Waals surface area (Å²) in [4.78, 5) is 12.2. The minimum Gasteiger partial charge on any atom is -0.375 e. The summed E-state index contributed by atoms with van der Waals surface area (Å²) >= 11 is 0. The quantitative estimate of drug-likeness (QED) is 0.873. The van der Waals surface area contributed by atoms with Gasteiger partial charge in [0, 0.05) is 25.6 Å². The summed E-state index contributed by atoms with van der Waals surface area (Å²) < 4.78 is 18.3. The molecule has 1 aliphatic heterocycles. The number of methoxy groups -OCH3 is 1. The highest BCUT2D eigenvalue weighted by molar-refractivity contribution is 5.78. The minimum absolute atomic E-state index is 0.0620. The monoisotopic (exact) mass is 294 g/mol. The number of hydrogen-bond donors (Lipinski definition) is 2. The molecule has 1 heterocycles. The van der Waals surface area contributed by atoms with E-state index in [1.165, 1.54) is 12.1 Å². The van der Waals surface area contributed by atoms with Gasteiger partial charge in [0.15, 0.2) is 0 Å². The molecule has 1 aromatic carbocycles. The summed E-state index contributed by atoms with van der Waals surface area (Å²) in [6.07, 6.45) is 1.47. The number of carbonyl (C=O) groups excluding carboxylic acids is 1. The van der Waals surface area contributed by atoms with Crippen LogP contribution in [-0.2, 0) is 9.53 Å². The normalized spacial score (nSPS) is 23.6. The van der Waals surface area contributed by atoms with Crippen LogP contribution in [0.1, 0.15) is 31.4 Å². The molecule has 1 fully saturated rings. The zero-order chi connectivity index (χ0) is 15.2. The van der Waals surface area contributed by atoms with Gasteiger partial charge in [-0.15, -0.1) is 0 Å². The number of ether oxygens (including phenoxy) is 1. The van der Waals surface area contributed by atoms with Crippen molar-refractivity contribution in [2.75, 3.05) is 20.2 Å². The summed E-state index contributed by atoms with van der Waals surface area (Å²) in [7, 11) is 1.59. The Hall–Kier alpha value is -1.46. The molecular weight excluding hydrogens is 271 g/mol. The molecule has 0 bridgehead atoms. The summed E-state index contributed by atoms with van der Waals surface area (Å²) in [5.74, 6) is -0.138. The second-order valence-corrected chi connectivity index (χ2v) is 5.60. The van der Waals surface area contributed by atoms with E-state index in [1.54, 1.807) is 19.2 Å². The van der Waals surface area contributed by atoms with Crippen LogP contribution in [0, 0.1) is 11.7 Å². The van der Waals surface area contributed by atoms with Gasteiger partial charge in [0.05, 0.1) is 6.10 Å². The molecule has 0 spiro atoms. The molecule has 3 atom stereocenters. The van der Waals surface area contributed by atoms with Crippen molar-refractivity contribution >= 4 is 5.91 Å². The van der Waals surface area contributed by atoms with Crippen LogP contribution in [0.3, 0.4) is 0 Å². The Morgan fingerprint density at radius 1 is 1.48 bits per heavy atom. The van der Waals surface area contributed by atoms with Crippen LogP contribution < -0.4 is 10.6 Å². The Morgan fingerprint density at radius 2 is 2.19 bits per heavy atom. The second kappa shape index (κ2) is 7.52. The van der Waals surface area contributed by atoms with E-state index in [1.807, 2.05) is 0 Å². The van der Waals surface area contributed by atoms with Gasteiger partial charge in [0.25, 0.3) is 0 Å². The molecule has 21 heavy (non-hydrogen) atoms. The smallest absolute Gasteiger partial charge is 0.223 e. The van der Waals surface area contributed by atoms with E-state index in [0.717, 1.165) is 24.9 Å². The molecule has 2 rings (SSSR count). The summed E-state index contributed by atoms with van der Waals surface area (Å²) in [5, 5.41) is 6.29. The van der Waals surface area contributed by atoms with Crippen molar-refractivity contribution in [3.05, 3.63) is 35.6 Å². The zero-order valence-electron chi connectivity index (χ0n) is 12.6. The molecule has 1 unspecified atom stereocenters. The number of nitrogens with one attached hydrogen (secondary N) is 2. The Morgan fingerprint density at radius 3 is 2.81 bits per heavy atom. The molecule has 5 heteroatoms. The van der Waals surface area contributed by atoms with Crippen molar-refractivity contribution in [3.8, 4) is 0 Å². The molecular formula is C16H23FN2O2. The van der Waals surface area contributed by atoms with Crippen molar-refractivity contribution in [2.24, 2.45) is 5.92 Å². The van der Waals surface area contributed by atoms with E-state index in [2.05, 4.69) is 17.6 Å². The maximum Gasteiger partial charge on any atom is 0.223 e. The Balaban J connectivity index is 1.87. The minimum atomic E-state index is -0.277. The maximum atomic E-state index is 12.9. The molecule has 4 nitrogen and oxygen atoms in total. The lowest BCUT2D eigenvalue weighted by Gasteiger charge is -2.27. The second-order valence-electron chi connectivity index (χ2n) is 5.60. The first-order valence-electron chi connectivity index (χ1n) is 7.39. The molecule has 0 radical (unpaired) electrons. The summed E-state index contributed by atoms with van der Waals surface area (Å²) in [6, 6.07) is 6.55.